The van der Waals surface area contributed by atoms with Crippen LogP contribution in [0.25, 0.3) is 0 Å². The summed E-state index contributed by atoms with van der Waals surface area (Å²) in [7, 11) is 1.49. The van der Waals surface area contributed by atoms with Gasteiger partial charge in [-0.05, 0) is 24.3 Å². The number of methoxy groups -OCH3 is 1. The van der Waals surface area contributed by atoms with E-state index in [4.69, 9.17) is 4.74 Å². The normalized spacial score (nSPS) is 13.0. The van der Waals surface area contributed by atoms with Gasteiger partial charge in [0.2, 0.25) is 0 Å². The van der Waals surface area contributed by atoms with Crippen LogP contribution in [0.4, 0.5) is 18.9 Å². The molecule has 2 nitrogen and oxygen atoms in total. The van der Waals surface area contributed by atoms with E-state index in [0.717, 1.165) is 6.08 Å². The molecular formula is C11H12F3NO. The number of hydrogen-bond acceptors (Lipinski definition) is 2. The van der Waals surface area contributed by atoms with Crippen molar-refractivity contribution >= 4 is 5.69 Å². The third-order valence-electron chi connectivity index (χ3n) is 2.00. The highest BCUT2D eigenvalue weighted by atomic mass is 19.4. The molecule has 0 spiro atoms. The van der Waals surface area contributed by atoms with Crippen LogP contribution in [0.15, 0.2) is 36.9 Å². The van der Waals surface area contributed by atoms with Gasteiger partial charge in [-0.25, -0.2) is 0 Å². The highest BCUT2D eigenvalue weighted by molar-refractivity contribution is 5.48. The zero-order valence-electron chi connectivity index (χ0n) is 8.71. The first-order valence-corrected chi connectivity index (χ1v) is 4.57. The second-order valence-electron chi connectivity index (χ2n) is 3.13. The van der Waals surface area contributed by atoms with Gasteiger partial charge in [0.05, 0.1) is 7.11 Å². The molecule has 0 fully saturated rings. The fraction of sp³-hybridized carbons (Fsp3) is 0.273. The summed E-state index contributed by atoms with van der Waals surface area (Å²) in [6.45, 7) is 3.15. The van der Waals surface area contributed by atoms with Gasteiger partial charge in [0.1, 0.15) is 11.8 Å². The van der Waals surface area contributed by atoms with Gasteiger partial charge in [-0.3, -0.25) is 0 Å². The summed E-state index contributed by atoms with van der Waals surface area (Å²) >= 11 is 0. The fourth-order valence-corrected chi connectivity index (χ4v) is 1.14. The van der Waals surface area contributed by atoms with E-state index in [0.29, 0.717) is 11.4 Å². The van der Waals surface area contributed by atoms with Crippen molar-refractivity contribution in [2.24, 2.45) is 0 Å². The molecule has 5 heteroatoms. The SMILES string of the molecule is C=CC(Nc1ccc(OC)cc1)C(F)(F)F. The molecular weight excluding hydrogens is 219 g/mol. The van der Waals surface area contributed by atoms with E-state index in [9.17, 15) is 13.2 Å². The number of hydrogen-bond donors (Lipinski definition) is 1. The second-order valence-corrected chi connectivity index (χ2v) is 3.13. The molecule has 0 saturated heterocycles. The van der Waals surface area contributed by atoms with Crippen LogP contribution in [0, 0.1) is 0 Å². The van der Waals surface area contributed by atoms with Crippen molar-refractivity contribution < 1.29 is 17.9 Å². The molecule has 0 aliphatic rings. The Morgan fingerprint density at radius 3 is 2.25 bits per heavy atom. The van der Waals surface area contributed by atoms with Crippen LogP contribution in [-0.4, -0.2) is 19.3 Å². The maximum absolute atomic E-state index is 12.4. The molecule has 1 N–H and O–H groups in total. The third-order valence-corrected chi connectivity index (χ3v) is 2.00. The molecule has 0 heterocycles. The highest BCUT2D eigenvalue weighted by Gasteiger charge is 2.37. The molecule has 1 unspecified atom stereocenters. The molecule has 0 aromatic heterocycles. The van der Waals surface area contributed by atoms with E-state index >= 15 is 0 Å². The Labute approximate surface area is 91.7 Å². The molecule has 88 valence electrons. The Hall–Kier alpha value is -1.65. The van der Waals surface area contributed by atoms with E-state index in [2.05, 4.69) is 11.9 Å². The van der Waals surface area contributed by atoms with Gasteiger partial charge in [-0.15, -0.1) is 6.58 Å². The molecule has 0 radical (unpaired) electrons. The first kappa shape index (κ1) is 12.4. The lowest BCUT2D eigenvalue weighted by Crippen LogP contribution is -2.34. The van der Waals surface area contributed by atoms with Crippen LogP contribution < -0.4 is 10.1 Å². The summed E-state index contributed by atoms with van der Waals surface area (Å²) in [5.41, 5.74) is 0.364. The smallest absolute Gasteiger partial charge is 0.412 e. The number of halogens is 3. The Morgan fingerprint density at radius 1 is 1.31 bits per heavy atom. The fourth-order valence-electron chi connectivity index (χ4n) is 1.14. The molecule has 1 aromatic carbocycles. The quantitative estimate of drug-likeness (QED) is 0.803. The van der Waals surface area contributed by atoms with Crippen molar-refractivity contribution in [3.63, 3.8) is 0 Å². The topological polar surface area (TPSA) is 21.3 Å². The van der Waals surface area contributed by atoms with Crippen LogP contribution in [-0.2, 0) is 0 Å². The van der Waals surface area contributed by atoms with E-state index in [-0.39, 0.29) is 0 Å². The maximum Gasteiger partial charge on any atom is 0.412 e. The van der Waals surface area contributed by atoms with Gasteiger partial charge in [-0.2, -0.15) is 13.2 Å². The van der Waals surface area contributed by atoms with Gasteiger partial charge < -0.3 is 10.1 Å². The van der Waals surface area contributed by atoms with E-state index in [1.165, 1.54) is 19.2 Å². The van der Waals surface area contributed by atoms with E-state index in [1.807, 2.05) is 0 Å². The number of ether oxygens (including phenoxy) is 1. The summed E-state index contributed by atoms with van der Waals surface area (Å²) in [4.78, 5) is 0. The zero-order chi connectivity index (χ0) is 12.2. The predicted molar refractivity (Wildman–Crippen MR) is 56.7 cm³/mol. The summed E-state index contributed by atoms with van der Waals surface area (Å²) in [6.07, 6.45) is -3.52. The molecule has 0 aliphatic heterocycles. The minimum Gasteiger partial charge on any atom is -0.497 e. The lowest BCUT2D eigenvalue weighted by atomic mass is 10.2. The van der Waals surface area contributed by atoms with Crippen LogP contribution >= 0.6 is 0 Å². The number of nitrogens with one attached hydrogen (secondary N) is 1. The lowest BCUT2D eigenvalue weighted by molar-refractivity contribution is -0.132. The summed E-state index contributed by atoms with van der Waals surface area (Å²) in [5.74, 6) is 0.590. The standard InChI is InChI=1S/C11H12F3NO/c1-3-10(11(12,13)14)15-8-4-6-9(16-2)7-5-8/h3-7,10,15H,1H2,2H3. The highest BCUT2D eigenvalue weighted by Crippen LogP contribution is 2.25. The first-order chi connectivity index (χ1) is 7.47. The van der Waals surface area contributed by atoms with E-state index < -0.39 is 12.2 Å². The van der Waals surface area contributed by atoms with E-state index in [1.54, 1.807) is 12.1 Å². The van der Waals surface area contributed by atoms with Crippen molar-refractivity contribution in [2.45, 2.75) is 12.2 Å². The Kier molecular flexibility index (Phi) is 3.82. The Balaban J connectivity index is 2.75. The number of alkyl halides is 3. The molecule has 1 rings (SSSR count). The van der Waals surface area contributed by atoms with Crippen molar-refractivity contribution in [3.05, 3.63) is 36.9 Å². The molecule has 0 aliphatic carbocycles. The summed E-state index contributed by atoms with van der Waals surface area (Å²) < 4.78 is 42.1. The average molecular weight is 231 g/mol. The third kappa shape index (κ3) is 3.18. The monoisotopic (exact) mass is 231 g/mol. The first-order valence-electron chi connectivity index (χ1n) is 4.57. The van der Waals surface area contributed by atoms with Crippen molar-refractivity contribution in [1.82, 2.24) is 0 Å². The number of rotatable bonds is 4. The van der Waals surface area contributed by atoms with Crippen LogP contribution in [0.3, 0.4) is 0 Å². The van der Waals surface area contributed by atoms with Gasteiger partial charge in [0.25, 0.3) is 0 Å². The van der Waals surface area contributed by atoms with Crippen molar-refractivity contribution in [3.8, 4) is 5.75 Å². The molecule has 0 saturated carbocycles. The number of benzene rings is 1. The Morgan fingerprint density at radius 2 is 1.88 bits per heavy atom. The largest absolute Gasteiger partial charge is 0.497 e. The number of anilines is 1. The second kappa shape index (κ2) is 4.92. The summed E-state index contributed by atoms with van der Waals surface area (Å²) in [5, 5.41) is 2.32. The maximum atomic E-state index is 12.4. The minimum atomic E-state index is -4.35. The van der Waals surface area contributed by atoms with Gasteiger partial charge in [0.15, 0.2) is 0 Å². The van der Waals surface area contributed by atoms with Gasteiger partial charge in [0, 0.05) is 5.69 Å². The van der Waals surface area contributed by atoms with Crippen LogP contribution in [0.1, 0.15) is 0 Å². The minimum absolute atomic E-state index is 0.364. The lowest BCUT2D eigenvalue weighted by Gasteiger charge is -2.19. The molecule has 16 heavy (non-hydrogen) atoms. The van der Waals surface area contributed by atoms with Crippen molar-refractivity contribution in [1.29, 1.82) is 0 Å². The molecule has 1 aromatic rings. The van der Waals surface area contributed by atoms with Gasteiger partial charge in [-0.1, -0.05) is 6.08 Å². The van der Waals surface area contributed by atoms with Crippen molar-refractivity contribution in [2.75, 3.05) is 12.4 Å². The molecule has 0 bridgehead atoms. The zero-order valence-corrected chi connectivity index (χ0v) is 8.71. The predicted octanol–water partition coefficient (Wildman–Crippen LogP) is 3.22. The molecule has 1 atom stereocenters. The summed E-state index contributed by atoms with van der Waals surface area (Å²) in [6, 6.07) is 4.45. The van der Waals surface area contributed by atoms with Crippen LogP contribution in [0.5, 0.6) is 5.75 Å². The van der Waals surface area contributed by atoms with Crippen LogP contribution in [0.2, 0.25) is 0 Å². The Bertz CT molecular complexity index is 345. The average Bonchev–Trinajstić information content (AvgIpc) is 2.25. The van der Waals surface area contributed by atoms with Gasteiger partial charge >= 0.3 is 6.18 Å². The molecule has 0 amide bonds.